The Morgan fingerprint density at radius 3 is 1.94 bits per heavy atom. The summed E-state index contributed by atoms with van der Waals surface area (Å²) < 4.78 is 81.7. The van der Waals surface area contributed by atoms with Crippen molar-refractivity contribution in [2.75, 3.05) is 0 Å². The fourth-order valence-corrected chi connectivity index (χ4v) is 6.30. The van der Waals surface area contributed by atoms with Gasteiger partial charge in [-0.25, -0.2) is 18.0 Å². The monoisotopic (exact) mass is 691 g/mol. The molecule has 254 valence electrons. The Balaban J connectivity index is 1.51. The SMILES string of the molecule is CC(C)(C)OC(=O)c1c(CN(C(=O)OCc2ccccc2)S(=O)(=O)c2ccc(-c3ccc(OC(F)(F)F)cc3)cc2)ccc2ccccc12. The second-order valence-corrected chi connectivity index (χ2v) is 13.8. The third kappa shape index (κ3) is 8.76. The number of nitrogens with zero attached hydrogens (tertiary/aromatic N) is 1. The maximum Gasteiger partial charge on any atom is 0.573 e. The van der Waals surface area contributed by atoms with Crippen molar-refractivity contribution in [3.05, 3.63) is 132 Å². The highest BCUT2D eigenvalue weighted by molar-refractivity contribution is 7.89. The van der Waals surface area contributed by atoms with Gasteiger partial charge < -0.3 is 14.2 Å². The number of hydrogen-bond donors (Lipinski definition) is 0. The Bertz CT molecular complexity index is 2060. The fraction of sp³-hybridized carbons (Fsp3) is 0.189. The Labute approximate surface area is 281 Å². The van der Waals surface area contributed by atoms with Crippen LogP contribution in [-0.2, 0) is 32.6 Å². The molecule has 0 radical (unpaired) electrons. The molecule has 0 unspecified atom stereocenters. The molecule has 5 aromatic carbocycles. The van der Waals surface area contributed by atoms with Crippen LogP contribution in [0.2, 0.25) is 0 Å². The topological polar surface area (TPSA) is 99.2 Å². The van der Waals surface area contributed by atoms with Crippen molar-refractivity contribution in [2.24, 2.45) is 0 Å². The number of ether oxygens (including phenoxy) is 3. The predicted octanol–water partition coefficient (Wildman–Crippen LogP) is 8.89. The van der Waals surface area contributed by atoms with Gasteiger partial charge in [0.2, 0.25) is 0 Å². The van der Waals surface area contributed by atoms with Gasteiger partial charge in [-0.15, -0.1) is 13.2 Å². The van der Waals surface area contributed by atoms with E-state index in [9.17, 15) is 31.2 Å². The van der Waals surface area contributed by atoms with Crippen LogP contribution in [0.4, 0.5) is 18.0 Å². The van der Waals surface area contributed by atoms with Gasteiger partial charge in [-0.3, -0.25) is 0 Å². The minimum atomic E-state index is -4.84. The van der Waals surface area contributed by atoms with Gasteiger partial charge in [-0.2, -0.15) is 4.31 Å². The molecule has 0 saturated carbocycles. The first kappa shape index (κ1) is 35.0. The van der Waals surface area contributed by atoms with Crippen LogP contribution in [0.25, 0.3) is 21.9 Å². The largest absolute Gasteiger partial charge is 0.573 e. The Morgan fingerprint density at radius 1 is 0.735 bits per heavy atom. The van der Waals surface area contributed by atoms with Crippen LogP contribution in [0.3, 0.4) is 0 Å². The molecule has 0 saturated heterocycles. The van der Waals surface area contributed by atoms with Crippen molar-refractivity contribution in [1.29, 1.82) is 0 Å². The van der Waals surface area contributed by atoms with E-state index in [0.29, 0.717) is 31.8 Å². The van der Waals surface area contributed by atoms with E-state index in [1.165, 1.54) is 36.4 Å². The molecule has 0 aliphatic carbocycles. The minimum Gasteiger partial charge on any atom is -0.456 e. The van der Waals surface area contributed by atoms with Crippen molar-refractivity contribution >= 4 is 32.9 Å². The average molecular weight is 692 g/mol. The number of sulfonamides is 1. The number of amides is 1. The number of halogens is 3. The zero-order chi connectivity index (χ0) is 35.4. The number of hydrogen-bond acceptors (Lipinski definition) is 7. The summed E-state index contributed by atoms with van der Waals surface area (Å²) in [7, 11) is -4.60. The van der Waals surface area contributed by atoms with Crippen LogP contribution in [0.5, 0.6) is 5.75 Å². The van der Waals surface area contributed by atoms with Gasteiger partial charge in [0, 0.05) is 0 Å². The Morgan fingerprint density at radius 2 is 1.33 bits per heavy atom. The molecular formula is C37H32F3NO7S. The zero-order valence-electron chi connectivity index (χ0n) is 26.7. The first-order valence-electron chi connectivity index (χ1n) is 15.0. The molecule has 0 atom stereocenters. The van der Waals surface area contributed by atoms with Gasteiger partial charge in [-0.1, -0.05) is 91.0 Å². The van der Waals surface area contributed by atoms with E-state index in [0.717, 1.165) is 12.1 Å². The molecule has 8 nitrogen and oxygen atoms in total. The lowest BCUT2D eigenvalue weighted by molar-refractivity contribution is -0.274. The van der Waals surface area contributed by atoms with Gasteiger partial charge in [-0.05, 0) is 78.1 Å². The van der Waals surface area contributed by atoms with Crippen LogP contribution in [0.1, 0.15) is 42.3 Å². The van der Waals surface area contributed by atoms with E-state index in [4.69, 9.17) is 9.47 Å². The predicted molar refractivity (Wildman–Crippen MR) is 177 cm³/mol. The van der Waals surface area contributed by atoms with Gasteiger partial charge in [0.05, 0.1) is 17.0 Å². The number of esters is 1. The fourth-order valence-electron chi connectivity index (χ4n) is 5.01. The maximum atomic E-state index is 14.2. The van der Waals surface area contributed by atoms with Crippen LogP contribution >= 0.6 is 0 Å². The highest BCUT2D eigenvalue weighted by Crippen LogP contribution is 2.31. The van der Waals surface area contributed by atoms with E-state index in [1.54, 1.807) is 87.5 Å². The molecule has 0 aromatic heterocycles. The van der Waals surface area contributed by atoms with Gasteiger partial charge in [0.25, 0.3) is 10.0 Å². The molecule has 0 bridgehead atoms. The summed E-state index contributed by atoms with van der Waals surface area (Å²) >= 11 is 0. The lowest BCUT2D eigenvalue weighted by Gasteiger charge is -2.25. The maximum absolute atomic E-state index is 14.2. The summed E-state index contributed by atoms with van der Waals surface area (Å²) in [6.07, 6.45) is -6.01. The molecule has 0 N–H and O–H groups in total. The highest BCUT2D eigenvalue weighted by atomic mass is 32.2. The molecule has 0 aliphatic heterocycles. The molecule has 0 heterocycles. The number of carbonyl (C=O) groups excluding carboxylic acids is 2. The molecular weight excluding hydrogens is 659 g/mol. The van der Waals surface area contributed by atoms with Crippen LogP contribution in [-0.4, -0.2) is 36.7 Å². The van der Waals surface area contributed by atoms with Crippen molar-refractivity contribution < 1.29 is 45.4 Å². The van der Waals surface area contributed by atoms with E-state index in [2.05, 4.69) is 4.74 Å². The Kier molecular flexibility index (Phi) is 10.00. The van der Waals surface area contributed by atoms with E-state index in [-0.39, 0.29) is 22.6 Å². The molecule has 5 aromatic rings. The van der Waals surface area contributed by atoms with Gasteiger partial charge in [0.1, 0.15) is 18.0 Å². The molecule has 49 heavy (non-hydrogen) atoms. The lowest BCUT2D eigenvalue weighted by atomic mass is 9.98. The molecule has 12 heteroatoms. The first-order valence-corrected chi connectivity index (χ1v) is 16.5. The second kappa shape index (κ2) is 14.0. The third-order valence-electron chi connectivity index (χ3n) is 7.20. The molecule has 0 aliphatic rings. The second-order valence-electron chi connectivity index (χ2n) is 12.0. The standard InChI is InChI=1S/C37H32F3NO7S/c1-36(2,3)48-34(42)33-29(14-13-28-11-7-8-12-32(28)33)23-41(35(43)46-24-25-9-5-4-6-10-25)49(44,45)31-21-17-27(18-22-31)26-15-19-30(20-16-26)47-37(38,39)40/h4-22H,23-24H2,1-3H3. The van der Waals surface area contributed by atoms with E-state index in [1.807, 2.05) is 0 Å². The summed E-state index contributed by atoms with van der Waals surface area (Å²) in [5.41, 5.74) is 1.08. The van der Waals surface area contributed by atoms with Crippen LogP contribution in [0.15, 0.2) is 120 Å². The van der Waals surface area contributed by atoms with Gasteiger partial charge in [0.15, 0.2) is 0 Å². The van der Waals surface area contributed by atoms with Crippen molar-refractivity contribution in [3.63, 3.8) is 0 Å². The number of benzene rings is 5. The quantitative estimate of drug-likeness (QED) is 0.142. The van der Waals surface area contributed by atoms with Crippen molar-refractivity contribution in [2.45, 2.75) is 50.8 Å². The number of rotatable bonds is 9. The molecule has 5 rings (SSSR count). The van der Waals surface area contributed by atoms with Crippen molar-refractivity contribution in [3.8, 4) is 16.9 Å². The summed E-state index contributed by atoms with van der Waals surface area (Å²) in [6, 6.07) is 29.6. The van der Waals surface area contributed by atoms with Crippen LogP contribution in [0, 0.1) is 0 Å². The average Bonchev–Trinajstić information content (AvgIpc) is 3.05. The number of alkyl halides is 3. The van der Waals surface area contributed by atoms with E-state index >= 15 is 0 Å². The molecule has 1 amide bonds. The van der Waals surface area contributed by atoms with Gasteiger partial charge >= 0.3 is 18.4 Å². The highest BCUT2D eigenvalue weighted by Gasteiger charge is 2.34. The third-order valence-corrected chi connectivity index (χ3v) is 8.93. The summed E-state index contributed by atoms with van der Waals surface area (Å²) in [4.78, 5) is 27.0. The van der Waals surface area contributed by atoms with Crippen LogP contribution < -0.4 is 4.74 Å². The molecule has 0 fully saturated rings. The smallest absolute Gasteiger partial charge is 0.456 e. The summed E-state index contributed by atoms with van der Waals surface area (Å²) in [5.74, 6) is -1.09. The summed E-state index contributed by atoms with van der Waals surface area (Å²) in [6.45, 7) is 4.36. The first-order chi connectivity index (χ1) is 23.1. The lowest BCUT2D eigenvalue weighted by Crippen LogP contribution is -2.37. The molecule has 0 spiro atoms. The minimum absolute atomic E-state index is 0.109. The normalized spacial score (nSPS) is 12.0. The zero-order valence-corrected chi connectivity index (χ0v) is 27.5. The summed E-state index contributed by atoms with van der Waals surface area (Å²) in [5, 5.41) is 1.22. The Hall–Kier alpha value is -5.36. The van der Waals surface area contributed by atoms with E-state index < -0.39 is 46.3 Å². The number of fused-ring (bicyclic) bond motifs is 1. The van der Waals surface area contributed by atoms with Crippen molar-refractivity contribution in [1.82, 2.24) is 4.31 Å². The number of carbonyl (C=O) groups is 2.